The number of allylic oxidation sites excluding steroid dienone is 1. The van der Waals surface area contributed by atoms with Crippen LogP contribution >= 0.6 is 0 Å². The number of phenolic OH excluding ortho intramolecular Hbond substituents is 1. The highest BCUT2D eigenvalue weighted by atomic mass is 16.5. The molecular formula is C33H42N4O5. The van der Waals surface area contributed by atoms with Gasteiger partial charge in [-0.05, 0) is 72.1 Å². The summed E-state index contributed by atoms with van der Waals surface area (Å²) in [5.41, 5.74) is 14.3. The van der Waals surface area contributed by atoms with Crippen LogP contribution < -0.4 is 15.8 Å². The summed E-state index contributed by atoms with van der Waals surface area (Å²) in [5, 5.41) is 33.7. The SMILES string of the molecule is CCCC(O)CC(O)CC(=O)CCc1ccc(O)c(OCN2C=C3N=CC(Cc4cccc5c4CCNC5N)=C3C2)c1. The average molecular weight is 575 g/mol. The van der Waals surface area contributed by atoms with Gasteiger partial charge in [-0.1, -0.05) is 37.6 Å². The zero-order chi connectivity index (χ0) is 29.6. The quantitative estimate of drug-likeness (QED) is 0.231. The highest BCUT2D eigenvalue weighted by Gasteiger charge is 2.26. The van der Waals surface area contributed by atoms with Gasteiger partial charge in [-0.15, -0.1) is 0 Å². The topological polar surface area (TPSA) is 141 Å². The van der Waals surface area contributed by atoms with Crippen molar-refractivity contribution < 1.29 is 24.9 Å². The maximum atomic E-state index is 12.4. The van der Waals surface area contributed by atoms with Gasteiger partial charge in [-0.2, -0.15) is 0 Å². The van der Waals surface area contributed by atoms with Gasteiger partial charge in [-0.3, -0.25) is 15.1 Å². The zero-order valence-corrected chi connectivity index (χ0v) is 24.3. The second-order valence-electron chi connectivity index (χ2n) is 11.5. The lowest BCUT2D eigenvalue weighted by molar-refractivity contribution is -0.121. The average Bonchev–Trinajstić information content (AvgIpc) is 3.53. The summed E-state index contributed by atoms with van der Waals surface area (Å²) in [6.45, 7) is 3.77. The lowest BCUT2D eigenvalue weighted by Gasteiger charge is -2.26. The van der Waals surface area contributed by atoms with Crippen molar-refractivity contribution in [2.45, 2.75) is 76.7 Å². The van der Waals surface area contributed by atoms with Crippen LogP contribution in [0.25, 0.3) is 0 Å². The van der Waals surface area contributed by atoms with E-state index in [0.29, 0.717) is 25.1 Å². The first kappa shape index (κ1) is 30.0. The van der Waals surface area contributed by atoms with Crippen molar-refractivity contribution in [3.8, 4) is 11.5 Å². The number of hydrogen-bond acceptors (Lipinski definition) is 9. The summed E-state index contributed by atoms with van der Waals surface area (Å²) in [6.07, 6.45) is 6.61. The van der Waals surface area contributed by atoms with Gasteiger partial charge in [0.25, 0.3) is 0 Å². The summed E-state index contributed by atoms with van der Waals surface area (Å²) in [6, 6.07) is 11.5. The number of carbonyl (C=O) groups is 1. The third kappa shape index (κ3) is 7.28. The van der Waals surface area contributed by atoms with Gasteiger partial charge in [0.15, 0.2) is 18.2 Å². The number of aryl methyl sites for hydroxylation is 1. The van der Waals surface area contributed by atoms with E-state index in [4.69, 9.17) is 10.5 Å². The number of nitrogens with zero attached hydrogens (tertiary/aromatic N) is 2. The Labute approximate surface area is 247 Å². The van der Waals surface area contributed by atoms with Gasteiger partial charge < -0.3 is 30.7 Å². The number of fused-ring (bicyclic) bond motifs is 2. The molecule has 0 aromatic heterocycles. The first-order chi connectivity index (χ1) is 20.3. The number of benzene rings is 2. The number of phenols is 1. The van der Waals surface area contributed by atoms with Crippen LogP contribution in [-0.2, 0) is 24.1 Å². The number of aliphatic hydroxyl groups excluding tert-OH is 2. The fourth-order valence-corrected chi connectivity index (χ4v) is 5.98. The lowest BCUT2D eigenvalue weighted by atomic mass is 9.90. The molecule has 3 aliphatic rings. The van der Waals surface area contributed by atoms with E-state index in [1.54, 1.807) is 18.2 Å². The van der Waals surface area contributed by atoms with Gasteiger partial charge in [-0.25, -0.2) is 0 Å². The maximum absolute atomic E-state index is 12.4. The Balaban J connectivity index is 1.14. The fraction of sp³-hybridized carbons (Fsp3) is 0.455. The Kier molecular flexibility index (Phi) is 9.74. The Hall–Kier alpha value is -3.50. The number of aliphatic hydroxyl groups is 2. The first-order valence-corrected chi connectivity index (χ1v) is 14.9. The van der Waals surface area contributed by atoms with Crippen molar-refractivity contribution >= 4 is 12.0 Å². The number of aromatic hydroxyl groups is 1. The molecule has 0 saturated heterocycles. The van der Waals surface area contributed by atoms with Gasteiger partial charge in [0.2, 0.25) is 0 Å². The number of nitrogens with two attached hydrogens (primary N) is 1. The minimum atomic E-state index is -0.833. The van der Waals surface area contributed by atoms with Gasteiger partial charge in [0.1, 0.15) is 5.78 Å². The molecule has 0 saturated carbocycles. The second-order valence-corrected chi connectivity index (χ2v) is 11.5. The molecule has 9 nitrogen and oxygen atoms in total. The number of Topliss-reactive ketones (excluding diaryl/α,β-unsaturated/α-hetero) is 1. The second kappa shape index (κ2) is 13.6. The molecule has 224 valence electrons. The molecule has 0 fully saturated rings. The van der Waals surface area contributed by atoms with E-state index in [9.17, 15) is 20.1 Å². The zero-order valence-electron chi connectivity index (χ0n) is 24.3. The Morgan fingerprint density at radius 3 is 2.93 bits per heavy atom. The molecule has 0 amide bonds. The predicted octanol–water partition coefficient (Wildman–Crippen LogP) is 3.42. The van der Waals surface area contributed by atoms with Crippen LogP contribution in [0.15, 0.2) is 64.4 Å². The minimum Gasteiger partial charge on any atom is -0.504 e. The van der Waals surface area contributed by atoms with Crippen LogP contribution in [0.4, 0.5) is 0 Å². The van der Waals surface area contributed by atoms with Crippen LogP contribution in [0.3, 0.4) is 0 Å². The number of ether oxygens (including phenoxy) is 1. The van der Waals surface area contributed by atoms with E-state index in [0.717, 1.165) is 37.1 Å². The number of nitrogens with one attached hydrogen (secondary N) is 1. The smallest absolute Gasteiger partial charge is 0.163 e. The Morgan fingerprint density at radius 2 is 2.10 bits per heavy atom. The maximum Gasteiger partial charge on any atom is 0.163 e. The molecule has 0 bridgehead atoms. The molecule has 5 rings (SSSR count). The molecule has 0 radical (unpaired) electrons. The Bertz CT molecular complexity index is 1380. The molecule has 2 aromatic carbocycles. The normalized spacial score (nSPS) is 19.0. The highest BCUT2D eigenvalue weighted by molar-refractivity contribution is 5.87. The summed E-state index contributed by atoms with van der Waals surface area (Å²) in [5.74, 6) is 0.339. The molecular weight excluding hydrogens is 532 g/mol. The van der Waals surface area contributed by atoms with E-state index < -0.39 is 12.2 Å². The third-order valence-corrected chi connectivity index (χ3v) is 8.22. The van der Waals surface area contributed by atoms with Crippen LogP contribution in [0.5, 0.6) is 11.5 Å². The van der Waals surface area contributed by atoms with Crippen molar-refractivity contribution in [1.29, 1.82) is 0 Å². The molecule has 6 N–H and O–H groups in total. The van der Waals surface area contributed by atoms with Crippen LogP contribution in [0, 0.1) is 0 Å². The fourth-order valence-electron chi connectivity index (χ4n) is 5.98. The highest BCUT2D eigenvalue weighted by Crippen LogP contribution is 2.33. The molecule has 9 heteroatoms. The summed E-state index contributed by atoms with van der Waals surface area (Å²) in [7, 11) is 0. The number of ketones is 1. The summed E-state index contributed by atoms with van der Waals surface area (Å²) < 4.78 is 5.99. The summed E-state index contributed by atoms with van der Waals surface area (Å²) in [4.78, 5) is 19.1. The largest absolute Gasteiger partial charge is 0.504 e. The number of aliphatic imine (C=N–C) groups is 1. The van der Waals surface area contributed by atoms with Gasteiger partial charge >= 0.3 is 0 Å². The molecule has 3 atom stereocenters. The predicted molar refractivity (Wildman–Crippen MR) is 162 cm³/mol. The van der Waals surface area contributed by atoms with Crippen molar-refractivity contribution in [2.24, 2.45) is 10.7 Å². The first-order valence-electron chi connectivity index (χ1n) is 14.9. The van der Waals surface area contributed by atoms with Gasteiger partial charge in [0.05, 0.1) is 24.1 Å². The number of rotatable bonds is 14. The molecule has 3 heterocycles. The van der Waals surface area contributed by atoms with E-state index in [-0.39, 0.29) is 43.7 Å². The van der Waals surface area contributed by atoms with E-state index >= 15 is 0 Å². The Morgan fingerprint density at radius 1 is 1.24 bits per heavy atom. The number of carbonyl (C=O) groups excluding carboxylic acids is 1. The van der Waals surface area contributed by atoms with Crippen molar-refractivity contribution in [3.05, 3.63) is 81.7 Å². The van der Waals surface area contributed by atoms with Gasteiger partial charge in [0, 0.05) is 43.9 Å². The standard InChI is InChI=1S/C33H42N4O5/c1-2-4-24(38)15-26(40)16-25(39)9-7-21-8-10-31(41)32(13-21)42-20-37-18-29-23(17-36-30(29)19-37)14-22-5-3-6-28-27(22)11-12-35-33(28)34/h3,5-6,8,10,13,17,19,24,26,33,35,38,40-41H,2,4,7,9,11-12,14-16,18,20,34H2,1H3. The third-order valence-electron chi connectivity index (χ3n) is 8.22. The lowest BCUT2D eigenvalue weighted by Crippen LogP contribution is -2.35. The molecule has 3 unspecified atom stereocenters. The van der Waals surface area contributed by atoms with Crippen LogP contribution in [0.2, 0.25) is 0 Å². The number of hydrogen-bond donors (Lipinski definition) is 5. The van der Waals surface area contributed by atoms with E-state index in [1.807, 2.05) is 24.2 Å². The monoisotopic (exact) mass is 574 g/mol. The van der Waals surface area contributed by atoms with Crippen molar-refractivity contribution in [2.75, 3.05) is 19.8 Å². The molecule has 0 spiro atoms. The van der Waals surface area contributed by atoms with Crippen LogP contribution in [0.1, 0.15) is 67.4 Å². The molecule has 0 aliphatic carbocycles. The minimum absolute atomic E-state index is 0.0314. The summed E-state index contributed by atoms with van der Waals surface area (Å²) >= 11 is 0. The van der Waals surface area contributed by atoms with Crippen LogP contribution in [-0.4, -0.2) is 64.2 Å². The molecule has 3 aliphatic heterocycles. The van der Waals surface area contributed by atoms with E-state index in [1.165, 1.54) is 27.8 Å². The molecule has 2 aromatic rings. The van der Waals surface area contributed by atoms with Crippen molar-refractivity contribution in [3.63, 3.8) is 0 Å². The van der Waals surface area contributed by atoms with E-state index in [2.05, 4.69) is 28.5 Å². The molecule has 42 heavy (non-hydrogen) atoms. The van der Waals surface area contributed by atoms with Crippen molar-refractivity contribution in [1.82, 2.24) is 10.2 Å².